The highest BCUT2D eigenvalue weighted by Crippen LogP contribution is 2.16. The fourth-order valence-corrected chi connectivity index (χ4v) is 3.38. The summed E-state index contributed by atoms with van der Waals surface area (Å²) in [6.07, 6.45) is 0.524. The Balaban J connectivity index is 1.52. The SMILES string of the molecule is Cc1nc(CC(=O)N[C@H]2CC(=O)N(Cc3ccc(F)cc3)C2)cs1. The third-order valence-corrected chi connectivity index (χ3v) is 4.70. The molecule has 0 bridgehead atoms. The Kier molecular flexibility index (Phi) is 4.89. The number of carbonyl (C=O) groups is 2. The molecule has 0 radical (unpaired) electrons. The van der Waals surface area contributed by atoms with E-state index in [4.69, 9.17) is 0 Å². The van der Waals surface area contributed by atoms with Gasteiger partial charge in [0.2, 0.25) is 11.8 Å². The van der Waals surface area contributed by atoms with Gasteiger partial charge in [0, 0.05) is 24.9 Å². The van der Waals surface area contributed by atoms with E-state index in [1.807, 2.05) is 12.3 Å². The highest BCUT2D eigenvalue weighted by molar-refractivity contribution is 7.09. The highest BCUT2D eigenvalue weighted by atomic mass is 32.1. The number of rotatable bonds is 5. The quantitative estimate of drug-likeness (QED) is 0.900. The van der Waals surface area contributed by atoms with Crippen LogP contribution in [-0.4, -0.2) is 34.3 Å². The van der Waals surface area contributed by atoms with Gasteiger partial charge < -0.3 is 10.2 Å². The van der Waals surface area contributed by atoms with Crippen LogP contribution in [0, 0.1) is 12.7 Å². The van der Waals surface area contributed by atoms with Crippen molar-refractivity contribution in [1.82, 2.24) is 15.2 Å². The van der Waals surface area contributed by atoms with Gasteiger partial charge in [-0.05, 0) is 24.6 Å². The first-order chi connectivity index (χ1) is 11.5. The number of amides is 2. The lowest BCUT2D eigenvalue weighted by Gasteiger charge is -2.17. The standard InChI is InChI=1S/C17H18FN3O2S/c1-11-19-15(10-24-11)6-16(22)20-14-7-17(23)21(9-14)8-12-2-4-13(18)5-3-12/h2-5,10,14H,6-9H2,1H3,(H,20,22)/t14-/m0/s1. The monoisotopic (exact) mass is 347 g/mol. The molecule has 1 fully saturated rings. The summed E-state index contributed by atoms with van der Waals surface area (Å²) in [6, 6.07) is 5.90. The molecule has 1 aromatic carbocycles. The summed E-state index contributed by atoms with van der Waals surface area (Å²) < 4.78 is 12.9. The number of benzene rings is 1. The molecule has 0 aliphatic carbocycles. The molecule has 24 heavy (non-hydrogen) atoms. The number of thiazole rings is 1. The van der Waals surface area contributed by atoms with Crippen LogP contribution in [0.4, 0.5) is 4.39 Å². The van der Waals surface area contributed by atoms with E-state index in [1.54, 1.807) is 17.0 Å². The zero-order valence-electron chi connectivity index (χ0n) is 13.3. The van der Waals surface area contributed by atoms with E-state index in [9.17, 15) is 14.0 Å². The fraction of sp³-hybridized carbons (Fsp3) is 0.353. The second-order valence-electron chi connectivity index (χ2n) is 5.90. The Bertz CT molecular complexity index is 745. The summed E-state index contributed by atoms with van der Waals surface area (Å²) in [5.41, 5.74) is 1.62. The van der Waals surface area contributed by atoms with Crippen molar-refractivity contribution in [2.75, 3.05) is 6.54 Å². The topological polar surface area (TPSA) is 62.3 Å². The van der Waals surface area contributed by atoms with Gasteiger partial charge in [0.05, 0.1) is 23.2 Å². The van der Waals surface area contributed by atoms with Gasteiger partial charge in [0.25, 0.3) is 0 Å². The van der Waals surface area contributed by atoms with Crippen LogP contribution in [0.15, 0.2) is 29.6 Å². The lowest BCUT2D eigenvalue weighted by Crippen LogP contribution is -2.37. The first-order valence-electron chi connectivity index (χ1n) is 7.72. The number of nitrogens with zero attached hydrogens (tertiary/aromatic N) is 2. The van der Waals surface area contributed by atoms with Gasteiger partial charge in [0.15, 0.2) is 0 Å². The van der Waals surface area contributed by atoms with Gasteiger partial charge in [-0.25, -0.2) is 9.37 Å². The molecule has 0 unspecified atom stereocenters. The molecule has 1 aliphatic rings. The second-order valence-corrected chi connectivity index (χ2v) is 6.97. The zero-order chi connectivity index (χ0) is 17.1. The first-order valence-corrected chi connectivity index (χ1v) is 8.60. The maximum Gasteiger partial charge on any atom is 0.226 e. The van der Waals surface area contributed by atoms with E-state index in [0.29, 0.717) is 19.5 Å². The molecule has 1 saturated heterocycles. The molecular weight excluding hydrogens is 329 g/mol. The van der Waals surface area contributed by atoms with Gasteiger partial charge in [-0.3, -0.25) is 9.59 Å². The normalized spacial score (nSPS) is 17.3. The minimum atomic E-state index is -0.297. The number of aryl methyl sites for hydroxylation is 1. The van der Waals surface area contributed by atoms with Gasteiger partial charge in [-0.2, -0.15) is 0 Å². The third-order valence-electron chi connectivity index (χ3n) is 3.87. The van der Waals surface area contributed by atoms with Crippen molar-refractivity contribution in [2.24, 2.45) is 0 Å². The van der Waals surface area contributed by atoms with Crippen LogP contribution in [0.2, 0.25) is 0 Å². The van der Waals surface area contributed by atoms with Crippen molar-refractivity contribution >= 4 is 23.2 Å². The lowest BCUT2D eigenvalue weighted by molar-refractivity contribution is -0.128. The molecular formula is C17H18FN3O2S. The molecule has 7 heteroatoms. The van der Waals surface area contributed by atoms with Crippen molar-refractivity contribution in [3.05, 3.63) is 51.7 Å². The van der Waals surface area contributed by atoms with Crippen LogP contribution in [-0.2, 0) is 22.6 Å². The highest BCUT2D eigenvalue weighted by Gasteiger charge is 2.30. The average Bonchev–Trinajstić information content (AvgIpc) is 3.07. The van der Waals surface area contributed by atoms with E-state index in [2.05, 4.69) is 10.3 Å². The van der Waals surface area contributed by atoms with Crippen molar-refractivity contribution in [3.8, 4) is 0 Å². The average molecular weight is 347 g/mol. The predicted molar refractivity (Wildman–Crippen MR) is 88.9 cm³/mol. The van der Waals surface area contributed by atoms with E-state index in [-0.39, 0.29) is 30.1 Å². The fourth-order valence-electron chi connectivity index (χ4n) is 2.76. The Morgan fingerprint density at radius 1 is 1.42 bits per heavy atom. The maximum atomic E-state index is 12.9. The predicted octanol–water partition coefficient (Wildman–Crippen LogP) is 2.05. The van der Waals surface area contributed by atoms with Crippen LogP contribution in [0.25, 0.3) is 0 Å². The summed E-state index contributed by atoms with van der Waals surface area (Å²) in [5.74, 6) is -0.426. The van der Waals surface area contributed by atoms with E-state index < -0.39 is 0 Å². The summed E-state index contributed by atoms with van der Waals surface area (Å²) >= 11 is 1.51. The summed E-state index contributed by atoms with van der Waals surface area (Å²) in [5, 5.41) is 5.70. The molecule has 3 rings (SSSR count). The Morgan fingerprint density at radius 2 is 2.17 bits per heavy atom. The molecule has 0 spiro atoms. The number of carbonyl (C=O) groups excluding carboxylic acids is 2. The molecule has 2 amide bonds. The molecule has 1 atom stereocenters. The molecule has 1 aliphatic heterocycles. The number of halogens is 1. The molecule has 1 N–H and O–H groups in total. The Morgan fingerprint density at radius 3 is 2.83 bits per heavy atom. The molecule has 0 saturated carbocycles. The van der Waals surface area contributed by atoms with Crippen molar-refractivity contribution in [3.63, 3.8) is 0 Å². The summed E-state index contributed by atoms with van der Waals surface area (Å²) in [6.45, 7) is 2.80. The molecule has 2 heterocycles. The second kappa shape index (κ2) is 7.09. The Labute approximate surface area is 143 Å². The Hall–Kier alpha value is -2.28. The summed E-state index contributed by atoms with van der Waals surface area (Å²) in [4.78, 5) is 30.1. The van der Waals surface area contributed by atoms with Gasteiger partial charge in [-0.15, -0.1) is 11.3 Å². The molecule has 126 valence electrons. The van der Waals surface area contributed by atoms with Crippen LogP contribution in [0.3, 0.4) is 0 Å². The van der Waals surface area contributed by atoms with Gasteiger partial charge in [-0.1, -0.05) is 12.1 Å². The van der Waals surface area contributed by atoms with Crippen LogP contribution in [0.5, 0.6) is 0 Å². The number of aromatic nitrogens is 1. The molecule has 1 aromatic heterocycles. The van der Waals surface area contributed by atoms with Crippen LogP contribution >= 0.6 is 11.3 Å². The van der Waals surface area contributed by atoms with E-state index >= 15 is 0 Å². The third kappa shape index (κ3) is 4.17. The van der Waals surface area contributed by atoms with E-state index in [0.717, 1.165) is 16.3 Å². The number of hydrogen-bond acceptors (Lipinski definition) is 4. The lowest BCUT2D eigenvalue weighted by atomic mass is 10.2. The summed E-state index contributed by atoms with van der Waals surface area (Å²) in [7, 11) is 0. The van der Waals surface area contributed by atoms with Crippen molar-refractivity contribution in [2.45, 2.75) is 32.4 Å². The number of hydrogen-bond donors (Lipinski definition) is 1. The van der Waals surface area contributed by atoms with Crippen molar-refractivity contribution < 1.29 is 14.0 Å². The molecule has 5 nitrogen and oxygen atoms in total. The maximum absolute atomic E-state index is 12.9. The largest absolute Gasteiger partial charge is 0.351 e. The van der Waals surface area contributed by atoms with E-state index in [1.165, 1.54) is 23.5 Å². The number of likely N-dealkylation sites (tertiary alicyclic amines) is 1. The van der Waals surface area contributed by atoms with Gasteiger partial charge in [0.1, 0.15) is 5.82 Å². The van der Waals surface area contributed by atoms with Crippen molar-refractivity contribution in [1.29, 1.82) is 0 Å². The van der Waals surface area contributed by atoms with Gasteiger partial charge >= 0.3 is 0 Å². The first kappa shape index (κ1) is 16.6. The van der Waals surface area contributed by atoms with Crippen LogP contribution < -0.4 is 5.32 Å². The smallest absolute Gasteiger partial charge is 0.226 e. The zero-order valence-corrected chi connectivity index (χ0v) is 14.1. The van der Waals surface area contributed by atoms with Crippen LogP contribution in [0.1, 0.15) is 22.7 Å². The minimum absolute atomic E-state index is 0.00544. The minimum Gasteiger partial charge on any atom is -0.351 e. The number of nitrogens with one attached hydrogen (secondary N) is 1. The molecule has 2 aromatic rings.